The van der Waals surface area contributed by atoms with E-state index >= 15 is 0 Å². The van der Waals surface area contributed by atoms with E-state index in [1.54, 1.807) is 7.05 Å². The first-order chi connectivity index (χ1) is 14.6. The number of hydrogen-bond acceptors (Lipinski definition) is 7. The molecule has 0 bridgehead atoms. The number of aliphatic carboxylic acids is 1. The summed E-state index contributed by atoms with van der Waals surface area (Å²) in [5.41, 5.74) is 5.18. The van der Waals surface area contributed by atoms with Crippen LogP contribution in [0.25, 0.3) is 0 Å². The number of carbonyl (C=O) groups is 4. The molecule has 0 spiro atoms. The summed E-state index contributed by atoms with van der Waals surface area (Å²) in [4.78, 5) is 47.8. The van der Waals surface area contributed by atoms with Crippen LogP contribution in [0.5, 0.6) is 5.75 Å². The SMILES string of the molecule is CNCCOc1ccc(Cl)cc1C(=O)N[C@@H](CCC(N)=O)C(=O)N[C@H](C(=O)O)[C@@H](C)O. The van der Waals surface area contributed by atoms with Gasteiger partial charge in [-0.2, -0.15) is 0 Å². The lowest BCUT2D eigenvalue weighted by molar-refractivity contribution is -0.145. The van der Waals surface area contributed by atoms with Crippen molar-refractivity contribution < 1.29 is 34.1 Å². The number of rotatable bonds is 13. The van der Waals surface area contributed by atoms with Crippen LogP contribution in [-0.4, -0.2) is 72.3 Å². The Labute approximate surface area is 184 Å². The lowest BCUT2D eigenvalue weighted by atomic mass is 10.1. The van der Waals surface area contributed by atoms with E-state index in [0.717, 1.165) is 0 Å². The molecule has 1 aromatic rings. The van der Waals surface area contributed by atoms with Gasteiger partial charge in [-0.05, 0) is 38.6 Å². The van der Waals surface area contributed by atoms with E-state index in [4.69, 9.17) is 27.2 Å². The minimum absolute atomic E-state index is 0.0470. The number of carboxylic acid groups (broad SMARTS) is 1. The summed E-state index contributed by atoms with van der Waals surface area (Å²) in [7, 11) is 1.73. The molecule has 0 saturated carbocycles. The molecule has 0 unspecified atom stereocenters. The van der Waals surface area contributed by atoms with Crippen molar-refractivity contribution in [1.29, 1.82) is 0 Å². The quantitative estimate of drug-likeness (QED) is 0.209. The van der Waals surface area contributed by atoms with Gasteiger partial charge in [-0.3, -0.25) is 14.4 Å². The summed E-state index contributed by atoms with van der Waals surface area (Å²) < 4.78 is 5.55. The number of halogens is 1. The number of aliphatic hydroxyl groups excluding tert-OH is 1. The Morgan fingerprint density at radius 1 is 1.23 bits per heavy atom. The van der Waals surface area contributed by atoms with E-state index in [0.29, 0.717) is 6.54 Å². The van der Waals surface area contributed by atoms with Crippen LogP contribution in [0.1, 0.15) is 30.1 Å². The van der Waals surface area contributed by atoms with Crippen molar-refractivity contribution in [2.75, 3.05) is 20.2 Å². The highest BCUT2D eigenvalue weighted by molar-refractivity contribution is 6.31. The molecule has 11 nitrogen and oxygen atoms in total. The number of likely N-dealkylation sites (N-methyl/N-ethyl adjacent to an activating group) is 1. The second-order valence-electron chi connectivity index (χ2n) is 6.69. The Kier molecular flexibility index (Phi) is 10.7. The largest absolute Gasteiger partial charge is 0.491 e. The average Bonchev–Trinajstić information content (AvgIpc) is 2.69. The van der Waals surface area contributed by atoms with Crippen molar-refractivity contribution >= 4 is 35.3 Å². The van der Waals surface area contributed by atoms with Gasteiger partial charge in [0.15, 0.2) is 6.04 Å². The summed E-state index contributed by atoms with van der Waals surface area (Å²) in [6, 6.07) is 1.48. The monoisotopic (exact) mass is 458 g/mol. The number of carbonyl (C=O) groups excluding carboxylic acids is 3. The van der Waals surface area contributed by atoms with Crippen LogP contribution in [-0.2, 0) is 14.4 Å². The molecule has 0 saturated heterocycles. The molecule has 1 rings (SSSR count). The maximum atomic E-state index is 12.8. The predicted octanol–water partition coefficient (Wildman–Crippen LogP) is -0.748. The summed E-state index contributed by atoms with van der Waals surface area (Å²) in [5.74, 6) is -3.58. The van der Waals surface area contributed by atoms with Gasteiger partial charge in [0, 0.05) is 18.0 Å². The van der Waals surface area contributed by atoms with Crippen molar-refractivity contribution in [3.63, 3.8) is 0 Å². The van der Waals surface area contributed by atoms with Crippen molar-refractivity contribution in [1.82, 2.24) is 16.0 Å². The summed E-state index contributed by atoms with van der Waals surface area (Å²) >= 11 is 5.98. The first-order valence-electron chi connectivity index (χ1n) is 9.44. The number of benzene rings is 1. The Morgan fingerprint density at radius 3 is 2.45 bits per heavy atom. The number of primary amides is 1. The van der Waals surface area contributed by atoms with E-state index in [-0.39, 0.29) is 35.8 Å². The Hall–Kier alpha value is -2.89. The van der Waals surface area contributed by atoms with Gasteiger partial charge >= 0.3 is 5.97 Å². The van der Waals surface area contributed by atoms with Gasteiger partial charge in [-0.25, -0.2) is 4.79 Å². The molecule has 0 heterocycles. The minimum atomic E-state index is -1.60. The van der Waals surface area contributed by atoms with Crippen LogP contribution in [0, 0.1) is 0 Å². The minimum Gasteiger partial charge on any atom is -0.491 e. The number of carboxylic acids is 1. The van der Waals surface area contributed by atoms with Gasteiger partial charge in [-0.1, -0.05) is 11.6 Å². The van der Waals surface area contributed by atoms with Gasteiger partial charge in [0.05, 0.1) is 11.7 Å². The van der Waals surface area contributed by atoms with Crippen LogP contribution in [0.15, 0.2) is 18.2 Å². The number of nitrogens with one attached hydrogen (secondary N) is 3. The molecule has 172 valence electrons. The normalized spacial score (nSPS) is 13.5. The second-order valence-corrected chi connectivity index (χ2v) is 7.13. The molecule has 31 heavy (non-hydrogen) atoms. The third-order valence-corrected chi connectivity index (χ3v) is 4.38. The molecular formula is C19H27ClN4O7. The number of nitrogens with two attached hydrogens (primary N) is 1. The van der Waals surface area contributed by atoms with Crippen LogP contribution in [0.2, 0.25) is 5.02 Å². The summed E-state index contributed by atoms with van der Waals surface area (Å²) in [5, 5.41) is 26.4. The van der Waals surface area contributed by atoms with Crippen LogP contribution in [0.3, 0.4) is 0 Å². The number of amides is 3. The van der Waals surface area contributed by atoms with Gasteiger partial charge in [0.25, 0.3) is 5.91 Å². The zero-order valence-corrected chi connectivity index (χ0v) is 17.9. The Morgan fingerprint density at radius 2 is 1.90 bits per heavy atom. The first kappa shape index (κ1) is 26.1. The van der Waals surface area contributed by atoms with E-state index < -0.39 is 41.9 Å². The number of ether oxygens (including phenoxy) is 1. The van der Waals surface area contributed by atoms with E-state index in [2.05, 4.69) is 16.0 Å². The fraction of sp³-hybridized carbons (Fsp3) is 0.474. The second kappa shape index (κ2) is 12.7. The molecule has 0 aliphatic rings. The fourth-order valence-corrected chi connectivity index (χ4v) is 2.67. The third-order valence-electron chi connectivity index (χ3n) is 4.14. The molecule has 0 radical (unpaired) electrons. The van der Waals surface area contributed by atoms with Gasteiger partial charge in [-0.15, -0.1) is 0 Å². The zero-order chi connectivity index (χ0) is 23.6. The van der Waals surface area contributed by atoms with Crippen molar-refractivity contribution in [2.45, 2.75) is 38.0 Å². The molecule has 12 heteroatoms. The lowest BCUT2D eigenvalue weighted by Gasteiger charge is -2.23. The summed E-state index contributed by atoms with van der Waals surface area (Å²) in [6.07, 6.45) is -1.82. The van der Waals surface area contributed by atoms with Crippen molar-refractivity contribution in [3.8, 4) is 5.75 Å². The third kappa shape index (κ3) is 8.79. The maximum absolute atomic E-state index is 12.8. The molecule has 3 amide bonds. The molecule has 1 aromatic carbocycles. The molecule has 0 aliphatic carbocycles. The smallest absolute Gasteiger partial charge is 0.328 e. The number of hydrogen-bond donors (Lipinski definition) is 6. The van der Waals surface area contributed by atoms with Crippen molar-refractivity contribution in [2.24, 2.45) is 5.73 Å². The molecule has 0 aromatic heterocycles. The Bertz CT molecular complexity index is 803. The van der Waals surface area contributed by atoms with Gasteiger partial charge < -0.3 is 36.6 Å². The van der Waals surface area contributed by atoms with Crippen LogP contribution < -0.4 is 26.4 Å². The molecular weight excluding hydrogens is 432 g/mol. The van der Waals surface area contributed by atoms with Gasteiger partial charge in [0.1, 0.15) is 18.4 Å². The lowest BCUT2D eigenvalue weighted by Crippen LogP contribution is -2.54. The van der Waals surface area contributed by atoms with E-state index in [1.807, 2.05) is 0 Å². The highest BCUT2D eigenvalue weighted by atomic mass is 35.5. The Balaban J connectivity index is 3.07. The van der Waals surface area contributed by atoms with Gasteiger partial charge in [0.2, 0.25) is 11.8 Å². The first-order valence-corrected chi connectivity index (χ1v) is 9.82. The number of aliphatic hydroxyl groups is 1. The fourth-order valence-electron chi connectivity index (χ4n) is 2.50. The van der Waals surface area contributed by atoms with Crippen molar-refractivity contribution in [3.05, 3.63) is 28.8 Å². The maximum Gasteiger partial charge on any atom is 0.328 e. The summed E-state index contributed by atoms with van der Waals surface area (Å²) in [6.45, 7) is 1.97. The highest BCUT2D eigenvalue weighted by Crippen LogP contribution is 2.23. The standard InChI is InChI=1S/C19H27ClN4O7/c1-10(25)16(19(29)30)24-18(28)13(4-6-15(21)26)23-17(27)12-9-11(20)3-5-14(12)31-8-7-22-2/h3,5,9-10,13,16,22,25H,4,6-8H2,1-2H3,(H2,21,26)(H,23,27)(H,24,28)(H,29,30)/t10-,13+,16+/m1/s1. The topological polar surface area (TPSA) is 180 Å². The zero-order valence-electron chi connectivity index (χ0n) is 17.2. The molecule has 3 atom stereocenters. The molecule has 0 fully saturated rings. The molecule has 0 aliphatic heterocycles. The van der Waals surface area contributed by atoms with E-state index in [9.17, 15) is 24.3 Å². The highest BCUT2D eigenvalue weighted by Gasteiger charge is 2.30. The van der Waals surface area contributed by atoms with Crippen LogP contribution in [0.4, 0.5) is 0 Å². The van der Waals surface area contributed by atoms with Crippen LogP contribution >= 0.6 is 11.6 Å². The average molecular weight is 459 g/mol. The predicted molar refractivity (Wildman–Crippen MR) is 112 cm³/mol. The van der Waals surface area contributed by atoms with E-state index in [1.165, 1.54) is 25.1 Å². The molecule has 7 N–H and O–H groups in total.